The first-order chi connectivity index (χ1) is 13.1. The second kappa shape index (κ2) is 9.19. The zero-order chi connectivity index (χ0) is 19.2. The van der Waals surface area contributed by atoms with E-state index in [0.717, 1.165) is 38.2 Å². The van der Waals surface area contributed by atoms with E-state index in [0.29, 0.717) is 35.4 Å². The molecule has 0 spiro atoms. The topological polar surface area (TPSA) is 63.7 Å². The van der Waals surface area contributed by atoms with Gasteiger partial charge in [-0.15, -0.1) is 11.3 Å². The maximum atomic E-state index is 12.7. The number of carbonyl (C=O) groups excluding carboxylic acids is 1. The van der Waals surface area contributed by atoms with Gasteiger partial charge in [0.05, 0.1) is 18.9 Å². The lowest BCUT2D eigenvalue weighted by Crippen LogP contribution is -2.29. The smallest absolute Gasteiger partial charge is 0.257 e. The second-order valence-electron chi connectivity index (χ2n) is 6.40. The van der Waals surface area contributed by atoms with Crippen LogP contribution < -0.4 is 14.8 Å². The fraction of sp³-hybridized carbons (Fsp3) is 0.500. The Bertz CT molecular complexity index is 791. The first-order valence-corrected chi connectivity index (χ1v) is 10.4. The van der Waals surface area contributed by atoms with E-state index in [4.69, 9.17) is 9.47 Å². The highest BCUT2D eigenvalue weighted by atomic mass is 32.1. The summed E-state index contributed by atoms with van der Waals surface area (Å²) in [6, 6.07) is 5.28. The van der Waals surface area contributed by atoms with Gasteiger partial charge in [-0.05, 0) is 38.1 Å². The highest BCUT2D eigenvalue weighted by Gasteiger charge is 2.21. The third-order valence-corrected chi connectivity index (χ3v) is 5.44. The number of hydrogen-bond donors (Lipinski definition) is 1. The van der Waals surface area contributed by atoms with Crippen molar-refractivity contribution in [3.8, 4) is 11.5 Å². The summed E-state index contributed by atoms with van der Waals surface area (Å²) < 4.78 is 11.3. The van der Waals surface area contributed by atoms with Gasteiger partial charge in [0, 0.05) is 30.0 Å². The Morgan fingerprint density at radius 1 is 1.26 bits per heavy atom. The highest BCUT2D eigenvalue weighted by Crippen LogP contribution is 2.31. The Labute approximate surface area is 164 Å². The Balaban J connectivity index is 1.72. The average Bonchev–Trinajstić information content (AvgIpc) is 3.08. The largest absolute Gasteiger partial charge is 0.490 e. The van der Waals surface area contributed by atoms with Crippen molar-refractivity contribution >= 4 is 22.4 Å². The Morgan fingerprint density at radius 3 is 2.85 bits per heavy atom. The highest BCUT2D eigenvalue weighted by molar-refractivity contribution is 7.15. The number of ether oxygens (including phenoxy) is 2. The molecule has 2 heterocycles. The van der Waals surface area contributed by atoms with E-state index in [1.165, 1.54) is 4.88 Å². The molecule has 6 nitrogen and oxygen atoms in total. The summed E-state index contributed by atoms with van der Waals surface area (Å²) in [6.45, 7) is 10.2. The molecule has 27 heavy (non-hydrogen) atoms. The fourth-order valence-electron chi connectivity index (χ4n) is 2.99. The minimum atomic E-state index is -0.184. The van der Waals surface area contributed by atoms with Crippen molar-refractivity contribution in [2.75, 3.05) is 31.6 Å². The number of nitrogens with one attached hydrogen (secondary N) is 1. The van der Waals surface area contributed by atoms with Crippen LogP contribution in [0.2, 0.25) is 0 Å². The summed E-state index contributed by atoms with van der Waals surface area (Å²) in [5, 5.41) is 3.59. The van der Waals surface area contributed by atoms with Crippen LogP contribution in [0.15, 0.2) is 18.2 Å². The molecule has 2 aromatic rings. The molecule has 0 saturated carbocycles. The molecule has 1 aliphatic heterocycles. The molecule has 0 saturated heterocycles. The number of rotatable bonds is 8. The molecule has 1 N–H and O–H groups in total. The number of anilines is 1. The summed E-state index contributed by atoms with van der Waals surface area (Å²) in [7, 11) is 0. The third-order valence-electron chi connectivity index (χ3n) is 4.45. The van der Waals surface area contributed by atoms with Gasteiger partial charge < -0.3 is 9.47 Å². The van der Waals surface area contributed by atoms with Crippen LogP contribution in [0, 0.1) is 0 Å². The van der Waals surface area contributed by atoms with Crippen molar-refractivity contribution in [1.29, 1.82) is 0 Å². The molecule has 7 heteroatoms. The zero-order valence-electron chi connectivity index (χ0n) is 16.2. The number of likely N-dealkylation sites (N-methyl/N-ethyl adjacent to an activating group) is 1. The minimum absolute atomic E-state index is 0.184. The summed E-state index contributed by atoms with van der Waals surface area (Å²) in [5.74, 6) is 1.08. The molecule has 0 atom stereocenters. The number of fused-ring (bicyclic) bond motifs is 1. The monoisotopic (exact) mass is 389 g/mol. The van der Waals surface area contributed by atoms with E-state index >= 15 is 0 Å². The average molecular weight is 390 g/mol. The van der Waals surface area contributed by atoms with Crippen LogP contribution in [0.3, 0.4) is 0 Å². The zero-order valence-corrected chi connectivity index (χ0v) is 17.0. The molecule has 1 amide bonds. The molecule has 0 bridgehead atoms. The number of benzene rings is 1. The van der Waals surface area contributed by atoms with Gasteiger partial charge in [-0.3, -0.25) is 15.0 Å². The maximum Gasteiger partial charge on any atom is 0.257 e. The molecule has 0 fully saturated rings. The van der Waals surface area contributed by atoms with Gasteiger partial charge in [-0.1, -0.05) is 13.8 Å². The quantitative estimate of drug-likeness (QED) is 0.740. The summed E-state index contributed by atoms with van der Waals surface area (Å²) >= 11 is 1.57. The van der Waals surface area contributed by atoms with Gasteiger partial charge in [-0.25, -0.2) is 4.98 Å². The second-order valence-corrected chi connectivity index (χ2v) is 7.49. The summed E-state index contributed by atoms with van der Waals surface area (Å²) in [6.07, 6.45) is 1.85. The van der Waals surface area contributed by atoms with Crippen LogP contribution in [0.25, 0.3) is 0 Å². The van der Waals surface area contributed by atoms with E-state index in [2.05, 4.69) is 29.0 Å². The normalized spacial score (nSPS) is 13.9. The Morgan fingerprint density at radius 2 is 2.11 bits per heavy atom. The number of nitrogens with zero attached hydrogens (tertiary/aromatic N) is 2. The first kappa shape index (κ1) is 19.6. The van der Waals surface area contributed by atoms with Crippen LogP contribution in [-0.2, 0) is 13.0 Å². The molecule has 0 radical (unpaired) electrons. The van der Waals surface area contributed by atoms with Crippen LogP contribution in [0.4, 0.5) is 5.13 Å². The van der Waals surface area contributed by atoms with E-state index in [1.54, 1.807) is 29.5 Å². The summed E-state index contributed by atoms with van der Waals surface area (Å²) in [4.78, 5) is 20.9. The fourth-order valence-corrected chi connectivity index (χ4v) is 4.04. The maximum absolute atomic E-state index is 12.7. The van der Waals surface area contributed by atoms with Crippen molar-refractivity contribution < 1.29 is 14.3 Å². The predicted molar refractivity (Wildman–Crippen MR) is 108 cm³/mol. The Kier molecular flexibility index (Phi) is 6.68. The van der Waals surface area contributed by atoms with Crippen LogP contribution in [0.1, 0.15) is 48.1 Å². The molecular formula is C20H27N3O3S. The SMILES string of the molecule is CCCOc1ccc(C(=O)Nc2nc3c(s2)CN(CC)CC3)cc1OCC. The first-order valence-electron chi connectivity index (χ1n) is 9.56. The lowest BCUT2D eigenvalue weighted by molar-refractivity contribution is 0.102. The van der Waals surface area contributed by atoms with Crippen LogP contribution in [-0.4, -0.2) is 42.1 Å². The molecule has 146 valence electrons. The lowest BCUT2D eigenvalue weighted by Gasteiger charge is -2.23. The van der Waals surface area contributed by atoms with Gasteiger partial charge in [-0.2, -0.15) is 0 Å². The lowest BCUT2D eigenvalue weighted by atomic mass is 10.2. The van der Waals surface area contributed by atoms with Gasteiger partial charge in [0.15, 0.2) is 16.6 Å². The van der Waals surface area contributed by atoms with Gasteiger partial charge in [0.25, 0.3) is 5.91 Å². The van der Waals surface area contributed by atoms with E-state index in [-0.39, 0.29) is 5.91 Å². The summed E-state index contributed by atoms with van der Waals surface area (Å²) in [5.41, 5.74) is 1.64. The van der Waals surface area contributed by atoms with E-state index in [1.807, 2.05) is 6.92 Å². The molecular weight excluding hydrogens is 362 g/mol. The van der Waals surface area contributed by atoms with Gasteiger partial charge in [0.2, 0.25) is 0 Å². The number of carbonyl (C=O) groups is 1. The molecule has 1 aromatic heterocycles. The van der Waals surface area contributed by atoms with E-state index in [9.17, 15) is 4.79 Å². The van der Waals surface area contributed by atoms with Crippen LogP contribution in [0.5, 0.6) is 11.5 Å². The van der Waals surface area contributed by atoms with Crippen molar-refractivity contribution in [3.63, 3.8) is 0 Å². The van der Waals surface area contributed by atoms with Crippen LogP contribution >= 0.6 is 11.3 Å². The van der Waals surface area contributed by atoms with E-state index < -0.39 is 0 Å². The molecule has 0 unspecified atom stereocenters. The number of thiazole rings is 1. The Hall–Kier alpha value is -2.12. The molecule has 3 rings (SSSR count). The molecule has 1 aromatic carbocycles. The third kappa shape index (κ3) is 4.78. The minimum Gasteiger partial charge on any atom is -0.490 e. The number of hydrogen-bond acceptors (Lipinski definition) is 6. The molecule has 0 aliphatic carbocycles. The van der Waals surface area contributed by atoms with Crippen molar-refractivity contribution in [2.24, 2.45) is 0 Å². The van der Waals surface area contributed by atoms with Gasteiger partial charge >= 0.3 is 0 Å². The molecule has 1 aliphatic rings. The standard InChI is InChI=1S/C20H27N3O3S/c1-4-11-26-16-8-7-14(12-17(16)25-6-3)19(24)22-20-21-15-9-10-23(5-2)13-18(15)27-20/h7-8,12H,4-6,9-11,13H2,1-3H3,(H,21,22,24). The van der Waals surface area contributed by atoms with Crippen molar-refractivity contribution in [2.45, 2.75) is 40.2 Å². The predicted octanol–water partition coefficient (Wildman–Crippen LogP) is 3.96. The van der Waals surface area contributed by atoms with Gasteiger partial charge in [0.1, 0.15) is 0 Å². The van der Waals surface area contributed by atoms with Crippen molar-refractivity contribution in [1.82, 2.24) is 9.88 Å². The number of amides is 1. The number of aromatic nitrogens is 1. The van der Waals surface area contributed by atoms with Crippen molar-refractivity contribution in [3.05, 3.63) is 34.3 Å².